The Hall–Kier alpha value is -3.87. The van der Waals surface area contributed by atoms with E-state index in [1.165, 1.54) is 12.1 Å². The predicted molar refractivity (Wildman–Crippen MR) is 112 cm³/mol. The van der Waals surface area contributed by atoms with E-state index < -0.39 is 11.7 Å². The molecule has 2 heterocycles. The van der Waals surface area contributed by atoms with Crippen LogP contribution in [0.5, 0.6) is 0 Å². The molecule has 148 valence electrons. The molecule has 5 aromatic rings. The van der Waals surface area contributed by atoms with Crippen molar-refractivity contribution in [2.24, 2.45) is 0 Å². The zero-order chi connectivity index (χ0) is 20.7. The second kappa shape index (κ2) is 6.88. The first-order valence-electron chi connectivity index (χ1n) is 9.25. The molecule has 0 amide bonds. The summed E-state index contributed by atoms with van der Waals surface area (Å²) in [5.41, 5.74) is 4.12. The predicted octanol–water partition coefficient (Wildman–Crippen LogP) is 6.54. The number of nitrogens with zero attached hydrogens (tertiary/aromatic N) is 2. The lowest BCUT2D eigenvalue weighted by molar-refractivity contribution is -0.137. The summed E-state index contributed by atoms with van der Waals surface area (Å²) in [5, 5.41) is 4.41. The summed E-state index contributed by atoms with van der Waals surface area (Å²) >= 11 is 0. The van der Waals surface area contributed by atoms with Gasteiger partial charge in [0.2, 0.25) is 0 Å². The number of fused-ring (bicyclic) bond motifs is 2. The summed E-state index contributed by atoms with van der Waals surface area (Å²) < 4.78 is 38.3. The molecule has 0 saturated carbocycles. The van der Waals surface area contributed by atoms with Crippen molar-refractivity contribution in [3.63, 3.8) is 0 Å². The van der Waals surface area contributed by atoms with Gasteiger partial charge in [-0.15, -0.1) is 0 Å². The number of halogens is 3. The SMILES string of the molecule is FC(F)(F)c1ccc(-c2nc3ccc(Nc4ccnc5ccccc45)cc3[nH]2)cc1. The van der Waals surface area contributed by atoms with Gasteiger partial charge in [0.1, 0.15) is 5.82 Å². The van der Waals surface area contributed by atoms with Gasteiger partial charge < -0.3 is 10.3 Å². The van der Waals surface area contributed by atoms with Crippen LogP contribution >= 0.6 is 0 Å². The van der Waals surface area contributed by atoms with Crippen molar-refractivity contribution in [2.45, 2.75) is 6.18 Å². The Morgan fingerprint density at radius 2 is 1.63 bits per heavy atom. The normalized spacial score (nSPS) is 11.8. The minimum absolute atomic E-state index is 0.519. The number of rotatable bonds is 3. The molecule has 0 atom stereocenters. The third kappa shape index (κ3) is 3.34. The third-order valence-electron chi connectivity index (χ3n) is 4.90. The monoisotopic (exact) mass is 404 g/mol. The Balaban J connectivity index is 1.47. The van der Waals surface area contributed by atoms with Crippen molar-refractivity contribution in [2.75, 3.05) is 5.32 Å². The Morgan fingerprint density at radius 3 is 2.43 bits per heavy atom. The molecule has 0 radical (unpaired) electrons. The van der Waals surface area contributed by atoms with Crippen LogP contribution in [0.3, 0.4) is 0 Å². The van der Waals surface area contributed by atoms with Crippen LogP contribution in [0.1, 0.15) is 5.56 Å². The minimum atomic E-state index is -4.36. The highest BCUT2D eigenvalue weighted by molar-refractivity contribution is 5.93. The highest BCUT2D eigenvalue weighted by Gasteiger charge is 2.30. The zero-order valence-electron chi connectivity index (χ0n) is 15.5. The fourth-order valence-electron chi connectivity index (χ4n) is 3.40. The van der Waals surface area contributed by atoms with Gasteiger partial charge in [0, 0.05) is 28.5 Å². The van der Waals surface area contributed by atoms with Crippen molar-refractivity contribution < 1.29 is 13.2 Å². The van der Waals surface area contributed by atoms with Gasteiger partial charge in [-0.05, 0) is 42.5 Å². The van der Waals surface area contributed by atoms with E-state index >= 15 is 0 Å². The van der Waals surface area contributed by atoms with Crippen LogP contribution in [0.25, 0.3) is 33.3 Å². The average Bonchev–Trinajstić information content (AvgIpc) is 3.17. The number of aromatic amines is 1. The lowest BCUT2D eigenvalue weighted by Crippen LogP contribution is -2.04. The van der Waals surface area contributed by atoms with Gasteiger partial charge in [-0.1, -0.05) is 30.3 Å². The molecule has 7 heteroatoms. The number of para-hydroxylation sites is 1. The van der Waals surface area contributed by atoms with Crippen molar-refractivity contribution in [3.05, 3.63) is 84.6 Å². The zero-order valence-corrected chi connectivity index (χ0v) is 15.5. The number of alkyl halides is 3. The number of H-pyrrole nitrogens is 1. The molecular formula is C23H15F3N4. The molecule has 0 aliphatic heterocycles. The number of anilines is 2. The number of benzene rings is 3. The average molecular weight is 404 g/mol. The Kier molecular flexibility index (Phi) is 4.17. The minimum Gasteiger partial charge on any atom is -0.355 e. The quantitative estimate of drug-likeness (QED) is 0.359. The molecule has 0 fully saturated rings. The second-order valence-electron chi connectivity index (χ2n) is 6.89. The first kappa shape index (κ1) is 18.2. The molecule has 2 aromatic heterocycles. The van der Waals surface area contributed by atoms with E-state index in [1.54, 1.807) is 6.20 Å². The van der Waals surface area contributed by atoms with Crippen LogP contribution in [0.4, 0.5) is 24.5 Å². The van der Waals surface area contributed by atoms with Gasteiger partial charge >= 0.3 is 6.18 Å². The maximum Gasteiger partial charge on any atom is 0.416 e. The van der Waals surface area contributed by atoms with Gasteiger partial charge in [0.05, 0.1) is 22.1 Å². The van der Waals surface area contributed by atoms with Gasteiger partial charge in [-0.25, -0.2) is 4.98 Å². The van der Waals surface area contributed by atoms with Crippen LogP contribution in [-0.2, 0) is 6.18 Å². The van der Waals surface area contributed by atoms with E-state index in [9.17, 15) is 13.2 Å². The van der Waals surface area contributed by atoms with Crippen molar-refractivity contribution in [1.82, 2.24) is 15.0 Å². The number of aromatic nitrogens is 3. The number of imidazole rings is 1. The van der Waals surface area contributed by atoms with Crippen molar-refractivity contribution >= 4 is 33.3 Å². The molecule has 2 N–H and O–H groups in total. The third-order valence-corrected chi connectivity index (χ3v) is 4.90. The van der Waals surface area contributed by atoms with Crippen molar-refractivity contribution in [1.29, 1.82) is 0 Å². The molecule has 0 spiro atoms. The Bertz CT molecular complexity index is 1350. The fourth-order valence-corrected chi connectivity index (χ4v) is 3.40. The summed E-state index contributed by atoms with van der Waals surface area (Å²) in [5.74, 6) is 0.519. The number of hydrogen-bond donors (Lipinski definition) is 2. The molecule has 0 aliphatic carbocycles. The maximum absolute atomic E-state index is 12.8. The molecule has 0 bridgehead atoms. The van der Waals surface area contributed by atoms with Gasteiger partial charge in [-0.3, -0.25) is 4.98 Å². The Morgan fingerprint density at radius 1 is 0.833 bits per heavy atom. The molecule has 3 aromatic carbocycles. The summed E-state index contributed by atoms with van der Waals surface area (Å²) in [6, 6.07) is 20.4. The molecule has 5 rings (SSSR count). The number of pyridine rings is 1. The molecule has 0 saturated heterocycles. The highest BCUT2D eigenvalue weighted by Crippen LogP contribution is 2.31. The lowest BCUT2D eigenvalue weighted by atomic mass is 10.1. The molecule has 4 nitrogen and oxygen atoms in total. The van der Waals surface area contributed by atoms with Crippen LogP contribution in [-0.4, -0.2) is 15.0 Å². The number of hydrogen-bond acceptors (Lipinski definition) is 3. The molecule has 30 heavy (non-hydrogen) atoms. The van der Waals surface area contributed by atoms with Crippen LogP contribution in [0, 0.1) is 0 Å². The maximum atomic E-state index is 12.8. The van der Waals surface area contributed by atoms with E-state index in [2.05, 4.69) is 20.3 Å². The summed E-state index contributed by atoms with van der Waals surface area (Å²) in [4.78, 5) is 12.1. The smallest absolute Gasteiger partial charge is 0.355 e. The van der Waals surface area contributed by atoms with E-state index in [-0.39, 0.29) is 0 Å². The second-order valence-corrected chi connectivity index (χ2v) is 6.89. The Labute approximate surface area is 169 Å². The van der Waals surface area contributed by atoms with Crippen molar-refractivity contribution in [3.8, 4) is 11.4 Å². The summed E-state index contributed by atoms with van der Waals surface area (Å²) in [6.07, 6.45) is -2.60. The van der Waals surface area contributed by atoms with Crippen LogP contribution < -0.4 is 5.32 Å². The molecule has 0 aliphatic rings. The van der Waals surface area contributed by atoms with Gasteiger partial charge in [0.25, 0.3) is 0 Å². The largest absolute Gasteiger partial charge is 0.416 e. The topological polar surface area (TPSA) is 53.6 Å². The van der Waals surface area contributed by atoms with E-state index in [4.69, 9.17) is 0 Å². The number of nitrogens with one attached hydrogen (secondary N) is 2. The van der Waals surface area contributed by atoms with E-state index in [1.807, 2.05) is 48.5 Å². The van der Waals surface area contributed by atoms with Gasteiger partial charge in [0.15, 0.2) is 0 Å². The first-order valence-corrected chi connectivity index (χ1v) is 9.25. The van der Waals surface area contributed by atoms with E-state index in [0.717, 1.165) is 45.4 Å². The summed E-state index contributed by atoms with van der Waals surface area (Å²) in [6.45, 7) is 0. The lowest BCUT2D eigenvalue weighted by Gasteiger charge is -2.09. The summed E-state index contributed by atoms with van der Waals surface area (Å²) in [7, 11) is 0. The highest BCUT2D eigenvalue weighted by atomic mass is 19.4. The molecule has 0 unspecified atom stereocenters. The first-order chi connectivity index (χ1) is 14.5. The van der Waals surface area contributed by atoms with E-state index in [0.29, 0.717) is 11.4 Å². The van der Waals surface area contributed by atoms with Crippen LogP contribution in [0.2, 0.25) is 0 Å². The van der Waals surface area contributed by atoms with Crippen LogP contribution in [0.15, 0.2) is 79.0 Å². The molecular weight excluding hydrogens is 389 g/mol. The standard InChI is InChI=1S/C23H15F3N4/c24-23(25,26)15-7-5-14(6-8-15)22-29-20-10-9-16(13-21(20)30-22)28-19-11-12-27-18-4-2-1-3-17(18)19/h1-13H,(H,27,28)(H,29,30). The fraction of sp³-hybridized carbons (Fsp3) is 0.0435. The van der Waals surface area contributed by atoms with Gasteiger partial charge in [-0.2, -0.15) is 13.2 Å².